The van der Waals surface area contributed by atoms with Crippen molar-refractivity contribution in [3.05, 3.63) is 89.5 Å². The average Bonchev–Trinajstić information content (AvgIpc) is 2.91. The number of rotatable bonds is 9. The molecule has 9 nitrogen and oxygen atoms in total. The molecule has 2 N–H and O–H groups in total. The minimum atomic E-state index is -0.646. The highest BCUT2D eigenvalue weighted by Gasteiger charge is 2.13. The smallest absolute Gasteiger partial charge is 0.337 e. The third-order valence-corrected chi connectivity index (χ3v) is 4.89. The molecule has 0 aliphatic heterocycles. The zero-order valence-electron chi connectivity index (χ0n) is 19.6. The molecule has 0 radical (unpaired) electrons. The summed E-state index contributed by atoms with van der Waals surface area (Å²) in [6.07, 6.45) is 1.37. The average molecular weight is 485 g/mol. The minimum Gasteiger partial charge on any atom is -0.495 e. The largest absolute Gasteiger partial charge is 0.495 e. The maximum atomic E-state index is 12.7. The first kappa shape index (κ1) is 25.5. The number of nitrogens with zero attached hydrogens (tertiary/aromatic N) is 1. The first-order chi connectivity index (χ1) is 17.4. The number of anilines is 2. The molecule has 9 heteroatoms. The molecular formula is C27H23N3O6. The SMILES string of the molecule is COC(=O)c1ccc(NC(=O)C(C#N)=Cc2ccccc2OCC(=O)Nc2ccccc2OC)cc1. The molecule has 36 heavy (non-hydrogen) atoms. The van der Waals surface area contributed by atoms with Crippen LogP contribution in [-0.4, -0.2) is 38.6 Å². The van der Waals surface area contributed by atoms with Crippen molar-refractivity contribution in [2.24, 2.45) is 0 Å². The molecule has 2 amide bonds. The quantitative estimate of drug-likeness (QED) is 0.266. The lowest BCUT2D eigenvalue weighted by Crippen LogP contribution is -2.20. The zero-order valence-corrected chi connectivity index (χ0v) is 19.6. The van der Waals surface area contributed by atoms with Crippen LogP contribution in [-0.2, 0) is 14.3 Å². The van der Waals surface area contributed by atoms with Crippen LogP contribution in [0.2, 0.25) is 0 Å². The van der Waals surface area contributed by atoms with Crippen molar-refractivity contribution in [1.82, 2.24) is 0 Å². The Hall–Kier alpha value is -5.10. The van der Waals surface area contributed by atoms with Crippen LogP contribution < -0.4 is 20.1 Å². The number of esters is 1. The highest BCUT2D eigenvalue weighted by molar-refractivity contribution is 6.10. The highest BCUT2D eigenvalue weighted by Crippen LogP contribution is 2.24. The second-order valence-corrected chi connectivity index (χ2v) is 7.27. The van der Waals surface area contributed by atoms with Gasteiger partial charge in [0, 0.05) is 11.3 Å². The van der Waals surface area contributed by atoms with Gasteiger partial charge in [0.05, 0.1) is 25.5 Å². The summed E-state index contributed by atoms with van der Waals surface area (Å²) >= 11 is 0. The van der Waals surface area contributed by atoms with Crippen molar-refractivity contribution in [2.45, 2.75) is 0 Å². The molecule has 0 heterocycles. The standard InChI is InChI=1S/C27H23N3O6/c1-34-24-10-6-4-8-22(24)30-25(31)17-36-23-9-5-3-7-19(23)15-20(16-28)26(32)29-21-13-11-18(12-14-21)27(33)35-2/h3-15H,17H2,1-2H3,(H,29,32)(H,30,31). The fourth-order valence-electron chi connectivity index (χ4n) is 3.12. The Kier molecular flexibility index (Phi) is 8.78. The summed E-state index contributed by atoms with van der Waals surface area (Å²) < 4.78 is 15.5. The molecule has 0 saturated heterocycles. The number of methoxy groups -OCH3 is 2. The van der Waals surface area contributed by atoms with Crippen LogP contribution in [0.5, 0.6) is 11.5 Å². The maximum absolute atomic E-state index is 12.7. The number of hydrogen-bond donors (Lipinski definition) is 2. The van der Waals surface area contributed by atoms with Gasteiger partial charge in [0.15, 0.2) is 6.61 Å². The van der Waals surface area contributed by atoms with Crippen molar-refractivity contribution in [3.63, 3.8) is 0 Å². The van der Waals surface area contributed by atoms with Crippen LogP contribution in [0, 0.1) is 11.3 Å². The number of amides is 2. The predicted molar refractivity (Wildman–Crippen MR) is 134 cm³/mol. The molecular weight excluding hydrogens is 462 g/mol. The van der Waals surface area contributed by atoms with Gasteiger partial charge in [-0.25, -0.2) is 4.79 Å². The van der Waals surface area contributed by atoms with Gasteiger partial charge in [0.2, 0.25) is 0 Å². The van der Waals surface area contributed by atoms with E-state index in [-0.39, 0.29) is 12.2 Å². The number of benzene rings is 3. The molecule has 0 fully saturated rings. The van der Waals surface area contributed by atoms with Crippen molar-refractivity contribution in [2.75, 3.05) is 31.5 Å². The Morgan fingerprint density at radius 3 is 2.22 bits per heavy atom. The summed E-state index contributed by atoms with van der Waals surface area (Å²) in [7, 11) is 2.78. The third-order valence-electron chi connectivity index (χ3n) is 4.89. The lowest BCUT2D eigenvalue weighted by molar-refractivity contribution is -0.118. The molecule has 3 rings (SSSR count). The molecule has 0 spiro atoms. The van der Waals surface area contributed by atoms with Gasteiger partial charge in [-0.3, -0.25) is 9.59 Å². The van der Waals surface area contributed by atoms with Crippen molar-refractivity contribution >= 4 is 35.2 Å². The second kappa shape index (κ2) is 12.4. The topological polar surface area (TPSA) is 127 Å². The van der Waals surface area contributed by atoms with Crippen LogP contribution in [0.1, 0.15) is 15.9 Å². The molecule has 0 bridgehead atoms. The van der Waals surface area contributed by atoms with Gasteiger partial charge in [0.25, 0.3) is 11.8 Å². The summed E-state index contributed by atoms with van der Waals surface area (Å²) in [4.78, 5) is 36.6. The van der Waals surface area contributed by atoms with Gasteiger partial charge in [-0.15, -0.1) is 0 Å². The summed E-state index contributed by atoms with van der Waals surface area (Å²) in [6, 6.07) is 21.6. The summed E-state index contributed by atoms with van der Waals surface area (Å²) in [5.74, 6) is -0.730. The van der Waals surface area contributed by atoms with Crippen LogP contribution >= 0.6 is 0 Å². The van der Waals surface area contributed by atoms with Crippen LogP contribution in [0.25, 0.3) is 6.08 Å². The van der Waals surface area contributed by atoms with E-state index in [0.29, 0.717) is 34.0 Å². The van der Waals surface area contributed by atoms with Gasteiger partial charge in [-0.05, 0) is 48.5 Å². The molecule has 0 aromatic heterocycles. The van der Waals surface area contributed by atoms with Gasteiger partial charge in [-0.1, -0.05) is 30.3 Å². The van der Waals surface area contributed by atoms with Crippen LogP contribution in [0.4, 0.5) is 11.4 Å². The van der Waals surface area contributed by atoms with Gasteiger partial charge < -0.3 is 24.8 Å². The first-order valence-electron chi connectivity index (χ1n) is 10.7. The van der Waals surface area contributed by atoms with Crippen LogP contribution in [0.15, 0.2) is 78.4 Å². The summed E-state index contributed by atoms with van der Waals surface area (Å²) in [5.41, 5.74) is 1.49. The molecule has 0 atom stereocenters. The highest BCUT2D eigenvalue weighted by atomic mass is 16.5. The van der Waals surface area contributed by atoms with Gasteiger partial charge >= 0.3 is 5.97 Å². The van der Waals surface area contributed by atoms with Crippen LogP contribution in [0.3, 0.4) is 0 Å². The van der Waals surface area contributed by atoms with Crippen molar-refractivity contribution in [1.29, 1.82) is 5.26 Å². The molecule has 0 aliphatic carbocycles. The Morgan fingerprint density at radius 1 is 0.889 bits per heavy atom. The normalized spacial score (nSPS) is 10.5. The Labute approximate surface area is 207 Å². The number of carbonyl (C=O) groups is 3. The molecule has 3 aromatic rings. The Morgan fingerprint density at radius 2 is 1.56 bits per heavy atom. The minimum absolute atomic E-state index is 0.179. The molecule has 3 aromatic carbocycles. The van der Waals surface area contributed by atoms with Crippen molar-refractivity contribution in [3.8, 4) is 17.6 Å². The number of ether oxygens (including phenoxy) is 3. The lowest BCUT2D eigenvalue weighted by atomic mass is 10.1. The Balaban J connectivity index is 1.69. The number of hydrogen-bond acceptors (Lipinski definition) is 7. The summed E-state index contributed by atoms with van der Waals surface area (Å²) in [6.45, 7) is -0.302. The monoisotopic (exact) mass is 485 g/mol. The third kappa shape index (κ3) is 6.71. The molecule has 0 unspecified atom stereocenters. The van der Waals surface area contributed by atoms with E-state index in [1.54, 1.807) is 48.5 Å². The Bertz CT molecular complexity index is 1330. The van der Waals surface area contributed by atoms with E-state index in [4.69, 9.17) is 9.47 Å². The molecule has 0 aliphatic rings. The van der Waals surface area contributed by atoms with E-state index < -0.39 is 17.8 Å². The first-order valence-corrected chi connectivity index (χ1v) is 10.7. The van der Waals surface area contributed by atoms with Gasteiger partial charge in [-0.2, -0.15) is 5.26 Å². The fraction of sp³-hybridized carbons (Fsp3) is 0.111. The fourth-order valence-corrected chi connectivity index (χ4v) is 3.12. The van der Waals surface area contributed by atoms with E-state index in [2.05, 4.69) is 15.4 Å². The van der Waals surface area contributed by atoms with E-state index >= 15 is 0 Å². The zero-order chi connectivity index (χ0) is 25.9. The van der Waals surface area contributed by atoms with E-state index in [9.17, 15) is 19.6 Å². The predicted octanol–water partition coefficient (Wildman–Crippen LogP) is 4.04. The van der Waals surface area contributed by atoms with E-state index in [0.717, 1.165) is 0 Å². The van der Waals surface area contributed by atoms with E-state index in [1.807, 2.05) is 6.07 Å². The van der Waals surface area contributed by atoms with E-state index in [1.165, 1.54) is 44.6 Å². The molecule has 0 saturated carbocycles. The van der Waals surface area contributed by atoms with Crippen molar-refractivity contribution < 1.29 is 28.6 Å². The number of nitrogens with one attached hydrogen (secondary N) is 2. The lowest BCUT2D eigenvalue weighted by Gasteiger charge is -2.12. The molecule has 182 valence electrons. The second-order valence-electron chi connectivity index (χ2n) is 7.27. The maximum Gasteiger partial charge on any atom is 0.337 e. The number of nitriles is 1. The number of carbonyl (C=O) groups excluding carboxylic acids is 3. The number of para-hydroxylation sites is 3. The van der Waals surface area contributed by atoms with Gasteiger partial charge in [0.1, 0.15) is 23.1 Å². The summed E-state index contributed by atoms with van der Waals surface area (Å²) in [5, 5.41) is 14.9.